The molecule has 10 nitrogen and oxygen atoms in total. The van der Waals surface area contributed by atoms with Gasteiger partial charge >= 0.3 is 0 Å². The van der Waals surface area contributed by atoms with Crippen LogP contribution in [0.15, 0.2) is 64.8 Å². The summed E-state index contributed by atoms with van der Waals surface area (Å²) in [5.74, 6) is 0.655. The highest BCUT2D eigenvalue weighted by atomic mass is 32.1. The van der Waals surface area contributed by atoms with Crippen LogP contribution in [0.3, 0.4) is 0 Å². The summed E-state index contributed by atoms with van der Waals surface area (Å²) >= 11 is 5.66. The van der Waals surface area contributed by atoms with Crippen molar-refractivity contribution in [2.45, 2.75) is 37.6 Å². The fourth-order valence-electron chi connectivity index (χ4n) is 4.21. The van der Waals surface area contributed by atoms with Crippen molar-refractivity contribution in [1.82, 2.24) is 4.57 Å². The quantitative estimate of drug-likeness (QED) is 0.284. The summed E-state index contributed by atoms with van der Waals surface area (Å²) in [5, 5.41) is 60.2. The first-order chi connectivity index (χ1) is 17.8. The lowest BCUT2D eigenvalue weighted by Crippen LogP contribution is -2.56. The Hall–Kier alpha value is -3.50. The number of pyridine rings is 1. The third-order valence-electron chi connectivity index (χ3n) is 6.25. The van der Waals surface area contributed by atoms with E-state index in [1.165, 1.54) is 4.57 Å². The molecular formula is C26H26N4O6S. The maximum atomic E-state index is 10.9. The number of aromatic nitrogens is 1. The molecule has 0 aliphatic carbocycles. The van der Waals surface area contributed by atoms with Crippen LogP contribution in [0.4, 0.5) is 11.4 Å². The van der Waals surface area contributed by atoms with Crippen molar-refractivity contribution >= 4 is 23.6 Å². The van der Waals surface area contributed by atoms with E-state index >= 15 is 0 Å². The molecule has 1 aromatic heterocycles. The highest BCUT2D eigenvalue weighted by molar-refractivity contribution is 7.71. The Morgan fingerprint density at radius 3 is 2.30 bits per heavy atom. The van der Waals surface area contributed by atoms with Crippen LogP contribution < -0.4 is 4.74 Å². The predicted molar refractivity (Wildman–Crippen MR) is 136 cm³/mol. The molecule has 2 aromatic carbocycles. The van der Waals surface area contributed by atoms with Crippen molar-refractivity contribution in [2.75, 3.05) is 13.7 Å². The van der Waals surface area contributed by atoms with Gasteiger partial charge in [-0.15, -0.1) is 5.11 Å². The van der Waals surface area contributed by atoms with Gasteiger partial charge in [0, 0.05) is 5.56 Å². The lowest BCUT2D eigenvalue weighted by atomic mass is 9.96. The summed E-state index contributed by atoms with van der Waals surface area (Å²) in [6.07, 6.45) is -7.35. The van der Waals surface area contributed by atoms with E-state index in [9.17, 15) is 25.7 Å². The molecule has 0 bridgehead atoms. The minimum atomic E-state index is -1.64. The molecule has 4 N–H and O–H groups in total. The number of benzene rings is 2. The molecule has 0 spiro atoms. The number of aliphatic hydroxyl groups is 4. The third-order valence-corrected chi connectivity index (χ3v) is 6.65. The number of hydrogen-bond acceptors (Lipinski definition) is 10. The van der Waals surface area contributed by atoms with Crippen LogP contribution in [-0.4, -0.2) is 63.1 Å². The van der Waals surface area contributed by atoms with E-state index in [2.05, 4.69) is 16.3 Å². The fraction of sp³-hybridized carbons (Fsp3) is 0.308. The Labute approximate surface area is 218 Å². The Morgan fingerprint density at radius 1 is 1.03 bits per heavy atom. The Balaban J connectivity index is 1.99. The van der Waals surface area contributed by atoms with E-state index in [4.69, 9.17) is 21.7 Å². The van der Waals surface area contributed by atoms with E-state index in [-0.39, 0.29) is 10.2 Å². The summed E-state index contributed by atoms with van der Waals surface area (Å²) in [7, 11) is 1.56. The molecule has 11 heteroatoms. The number of azo groups is 1. The Morgan fingerprint density at radius 2 is 1.70 bits per heavy atom. The van der Waals surface area contributed by atoms with Crippen LogP contribution in [0.25, 0.3) is 11.3 Å². The van der Waals surface area contributed by atoms with Gasteiger partial charge in [-0.2, -0.15) is 10.4 Å². The van der Waals surface area contributed by atoms with Gasteiger partial charge in [0.05, 0.1) is 30.7 Å². The molecule has 3 aromatic rings. The van der Waals surface area contributed by atoms with Crippen molar-refractivity contribution in [3.8, 4) is 23.1 Å². The molecule has 0 saturated carbocycles. The van der Waals surface area contributed by atoms with Crippen LogP contribution in [-0.2, 0) is 4.74 Å². The highest BCUT2D eigenvalue weighted by Gasteiger charge is 2.45. The van der Waals surface area contributed by atoms with Crippen LogP contribution in [0.2, 0.25) is 0 Å². The zero-order valence-corrected chi connectivity index (χ0v) is 20.9. The molecule has 0 unspecified atom stereocenters. The number of ether oxygens (including phenoxy) is 2. The van der Waals surface area contributed by atoms with Crippen molar-refractivity contribution in [3.63, 3.8) is 0 Å². The summed E-state index contributed by atoms with van der Waals surface area (Å²) in [6, 6.07) is 18.0. The average molecular weight is 523 g/mol. The van der Waals surface area contributed by atoms with Crippen molar-refractivity contribution in [2.24, 2.45) is 10.2 Å². The standard InChI is InChI=1S/C26H26N4O6S/c1-14-18(12-27)26(37)30(25-24(34)23(33)22(32)19(13-31)36-25)21(15-6-4-3-5-7-15)20(14)29-28-16-8-10-17(35-2)11-9-16/h3-11,19,22-25,31-34H,13H2,1-2H3/t19-,22+,23+,24+,25+/m0/s1. The van der Waals surface area contributed by atoms with Crippen LogP contribution in [0.1, 0.15) is 17.4 Å². The minimum Gasteiger partial charge on any atom is -0.497 e. The maximum absolute atomic E-state index is 10.9. The van der Waals surface area contributed by atoms with Crippen LogP contribution >= 0.6 is 12.2 Å². The number of aliphatic hydroxyl groups excluding tert-OH is 4. The van der Waals surface area contributed by atoms with Gasteiger partial charge in [0.2, 0.25) is 0 Å². The molecule has 2 heterocycles. The van der Waals surface area contributed by atoms with Gasteiger partial charge in [0.25, 0.3) is 0 Å². The summed E-state index contributed by atoms with van der Waals surface area (Å²) in [4.78, 5) is 0. The van der Waals surface area contributed by atoms with Gasteiger partial charge in [0.1, 0.15) is 46.6 Å². The second-order valence-corrected chi connectivity index (χ2v) is 8.85. The second-order valence-electron chi connectivity index (χ2n) is 8.47. The Bertz CT molecular complexity index is 1390. The SMILES string of the molecule is COc1ccc(N=Nc2c(C)c(C#N)c(=S)n([C@@H]3O[C@@H](CO)[C@@H](O)[C@@H](O)[C@H]3O)c2-c2ccccc2)cc1. The smallest absolute Gasteiger partial charge is 0.164 e. The molecule has 0 radical (unpaired) electrons. The van der Waals surface area contributed by atoms with Gasteiger partial charge < -0.3 is 29.9 Å². The van der Waals surface area contributed by atoms with E-state index in [0.717, 1.165) is 0 Å². The number of methoxy groups -OCH3 is 1. The van der Waals surface area contributed by atoms with E-state index in [1.54, 1.807) is 62.6 Å². The molecule has 1 aliphatic heterocycles. The molecule has 192 valence electrons. The highest BCUT2D eigenvalue weighted by Crippen LogP contribution is 2.41. The third kappa shape index (κ3) is 5.03. The molecule has 5 atom stereocenters. The number of hydrogen-bond donors (Lipinski definition) is 4. The fourth-order valence-corrected chi connectivity index (χ4v) is 4.61. The van der Waals surface area contributed by atoms with E-state index < -0.39 is 37.3 Å². The normalized spacial score (nSPS) is 23.6. The summed E-state index contributed by atoms with van der Waals surface area (Å²) in [5.41, 5.74) is 2.40. The number of rotatable bonds is 6. The van der Waals surface area contributed by atoms with Gasteiger partial charge in [-0.05, 0) is 36.8 Å². The summed E-state index contributed by atoms with van der Waals surface area (Å²) < 4.78 is 12.4. The van der Waals surface area contributed by atoms with Gasteiger partial charge in [-0.25, -0.2) is 0 Å². The number of nitriles is 1. The Kier molecular flexibility index (Phi) is 8.09. The van der Waals surface area contributed by atoms with E-state index in [1.807, 2.05) is 6.07 Å². The molecular weight excluding hydrogens is 496 g/mol. The topological polar surface area (TPSA) is 153 Å². The average Bonchev–Trinajstić information content (AvgIpc) is 2.92. The van der Waals surface area contributed by atoms with Crippen molar-refractivity contribution in [3.05, 3.63) is 70.4 Å². The number of nitrogens with zero attached hydrogens (tertiary/aromatic N) is 4. The van der Waals surface area contributed by atoms with Gasteiger partial charge in [-0.3, -0.25) is 4.57 Å². The zero-order chi connectivity index (χ0) is 26.7. The molecule has 1 fully saturated rings. The second kappa shape index (κ2) is 11.3. The van der Waals surface area contributed by atoms with Crippen LogP contribution in [0.5, 0.6) is 5.75 Å². The maximum Gasteiger partial charge on any atom is 0.164 e. The molecule has 1 aliphatic rings. The predicted octanol–water partition coefficient (Wildman–Crippen LogP) is 3.46. The summed E-state index contributed by atoms with van der Waals surface area (Å²) in [6.45, 7) is 1.08. The molecule has 1 saturated heterocycles. The first-order valence-electron chi connectivity index (χ1n) is 11.4. The largest absolute Gasteiger partial charge is 0.497 e. The first kappa shape index (κ1) is 26.6. The zero-order valence-electron chi connectivity index (χ0n) is 20.1. The van der Waals surface area contributed by atoms with Gasteiger partial charge in [-0.1, -0.05) is 42.5 Å². The molecule has 0 amide bonds. The minimum absolute atomic E-state index is 0.0339. The van der Waals surface area contributed by atoms with Crippen LogP contribution in [0, 0.1) is 22.9 Å². The molecule has 4 rings (SSSR count). The lowest BCUT2D eigenvalue weighted by Gasteiger charge is -2.41. The van der Waals surface area contributed by atoms with E-state index in [0.29, 0.717) is 33.9 Å². The monoisotopic (exact) mass is 522 g/mol. The van der Waals surface area contributed by atoms with Crippen molar-refractivity contribution in [1.29, 1.82) is 5.26 Å². The first-order valence-corrected chi connectivity index (χ1v) is 11.8. The van der Waals surface area contributed by atoms with Crippen molar-refractivity contribution < 1.29 is 29.9 Å². The lowest BCUT2D eigenvalue weighted by molar-refractivity contribution is -0.251. The molecule has 37 heavy (non-hydrogen) atoms. The van der Waals surface area contributed by atoms with Gasteiger partial charge in [0.15, 0.2) is 6.23 Å².